The van der Waals surface area contributed by atoms with Crippen LogP contribution in [-0.4, -0.2) is 22.3 Å². The minimum Gasteiger partial charge on any atom is -0.497 e. The van der Waals surface area contributed by atoms with E-state index < -0.39 is 29.1 Å². The zero-order valence-corrected chi connectivity index (χ0v) is 15.2. The molecule has 0 aliphatic heterocycles. The fourth-order valence-corrected chi connectivity index (χ4v) is 2.93. The summed E-state index contributed by atoms with van der Waals surface area (Å²) in [5.74, 6) is -2.01. The third kappa shape index (κ3) is 3.62. The second kappa shape index (κ2) is 7.31. The topological polar surface area (TPSA) is 47.9 Å². The second-order valence-electron chi connectivity index (χ2n) is 5.72. The van der Waals surface area contributed by atoms with Crippen molar-refractivity contribution >= 4 is 11.6 Å². The maximum Gasteiger partial charge on any atom is 0.433 e. The normalized spacial score (nSPS) is 11.6. The average molecular weight is 416 g/mol. The number of aromatic nitrogens is 3. The van der Waals surface area contributed by atoms with Crippen LogP contribution in [-0.2, 0) is 6.18 Å². The van der Waals surface area contributed by atoms with E-state index in [0.717, 1.165) is 30.5 Å². The van der Waals surface area contributed by atoms with Gasteiger partial charge in [0, 0.05) is 35.0 Å². The largest absolute Gasteiger partial charge is 0.497 e. The predicted octanol–water partition coefficient (Wildman–Crippen LogP) is 5.47. The highest BCUT2D eigenvalue weighted by molar-refractivity contribution is 6.32. The highest BCUT2D eigenvalue weighted by Crippen LogP contribution is 2.41. The van der Waals surface area contributed by atoms with Crippen molar-refractivity contribution in [3.63, 3.8) is 0 Å². The maximum absolute atomic E-state index is 14.6. The molecule has 0 saturated heterocycles. The van der Waals surface area contributed by atoms with E-state index in [1.54, 1.807) is 0 Å². The molecule has 2 heterocycles. The van der Waals surface area contributed by atoms with Gasteiger partial charge >= 0.3 is 6.18 Å². The lowest BCUT2D eigenvalue weighted by molar-refractivity contribution is -0.141. The Morgan fingerprint density at radius 3 is 2.11 bits per heavy atom. The van der Waals surface area contributed by atoms with Gasteiger partial charge < -0.3 is 4.74 Å². The van der Waals surface area contributed by atoms with Crippen LogP contribution in [0.4, 0.5) is 22.0 Å². The Morgan fingerprint density at radius 2 is 1.61 bits per heavy atom. The molecule has 3 aromatic rings. The van der Waals surface area contributed by atoms with E-state index in [1.807, 2.05) is 0 Å². The highest BCUT2D eigenvalue weighted by atomic mass is 35.5. The molecule has 0 aliphatic rings. The predicted molar refractivity (Wildman–Crippen MR) is 91.9 cm³/mol. The first-order chi connectivity index (χ1) is 13.1. The minimum atomic E-state index is -4.63. The zero-order chi connectivity index (χ0) is 20.6. The number of nitrogens with zero attached hydrogens (tertiary/aromatic N) is 3. The molecule has 0 radical (unpaired) electrons. The molecule has 0 unspecified atom stereocenters. The summed E-state index contributed by atoms with van der Waals surface area (Å²) < 4.78 is 72.4. The summed E-state index contributed by atoms with van der Waals surface area (Å²) in [6.45, 7) is 1.49. The van der Waals surface area contributed by atoms with Crippen LogP contribution >= 0.6 is 11.6 Å². The van der Waals surface area contributed by atoms with E-state index in [4.69, 9.17) is 16.3 Å². The molecule has 0 saturated carbocycles. The first-order valence-electron chi connectivity index (χ1n) is 7.73. The maximum atomic E-state index is 14.6. The molecule has 1 aromatic carbocycles. The molecule has 0 aliphatic carbocycles. The number of hydrogen-bond acceptors (Lipinski definition) is 4. The number of rotatable bonds is 3. The summed E-state index contributed by atoms with van der Waals surface area (Å²) in [5, 5.41) is 7.16. The molecular weight excluding hydrogens is 405 g/mol. The number of pyridine rings is 1. The van der Waals surface area contributed by atoms with Gasteiger partial charge in [-0.3, -0.25) is 4.98 Å². The third-order valence-corrected chi connectivity index (χ3v) is 4.21. The second-order valence-corrected chi connectivity index (χ2v) is 6.08. The lowest BCUT2D eigenvalue weighted by atomic mass is 9.95. The van der Waals surface area contributed by atoms with E-state index in [0.29, 0.717) is 0 Å². The summed E-state index contributed by atoms with van der Waals surface area (Å²) in [6, 6.07) is 3.80. The molecule has 0 fully saturated rings. The number of halogens is 6. The fraction of sp³-hybridized carbons (Fsp3) is 0.167. The SMILES string of the molecule is COc1cc(F)c(-c2c(Cl)nnc(C)c2-c2ccc(C(F)(F)F)nc2)c(F)c1. The van der Waals surface area contributed by atoms with Gasteiger partial charge in [0.25, 0.3) is 0 Å². The van der Waals surface area contributed by atoms with Gasteiger partial charge in [0.05, 0.1) is 18.4 Å². The monoisotopic (exact) mass is 415 g/mol. The van der Waals surface area contributed by atoms with Gasteiger partial charge in [-0.2, -0.15) is 18.3 Å². The molecule has 2 aromatic heterocycles. The van der Waals surface area contributed by atoms with E-state index in [2.05, 4.69) is 15.2 Å². The van der Waals surface area contributed by atoms with Crippen molar-refractivity contribution in [2.24, 2.45) is 0 Å². The quantitative estimate of drug-likeness (QED) is 0.532. The molecule has 0 amide bonds. The number of alkyl halides is 3. The molecule has 28 heavy (non-hydrogen) atoms. The number of ether oxygens (including phenoxy) is 1. The summed E-state index contributed by atoms with van der Waals surface area (Å²) in [4.78, 5) is 3.38. The number of benzene rings is 1. The average Bonchev–Trinajstić information content (AvgIpc) is 2.63. The molecule has 0 spiro atoms. The Bertz CT molecular complexity index is 1020. The molecule has 10 heteroatoms. The molecule has 0 bridgehead atoms. The van der Waals surface area contributed by atoms with Gasteiger partial charge in [-0.05, 0) is 13.0 Å². The van der Waals surface area contributed by atoms with Crippen LogP contribution in [0.15, 0.2) is 30.5 Å². The van der Waals surface area contributed by atoms with Crippen molar-refractivity contribution in [3.8, 4) is 28.0 Å². The van der Waals surface area contributed by atoms with Crippen LogP contribution in [0.5, 0.6) is 5.75 Å². The first-order valence-corrected chi connectivity index (χ1v) is 8.11. The number of hydrogen-bond donors (Lipinski definition) is 0. The molecule has 146 valence electrons. The molecular formula is C18H11ClF5N3O. The zero-order valence-electron chi connectivity index (χ0n) is 14.4. The summed E-state index contributed by atoms with van der Waals surface area (Å²) >= 11 is 6.07. The van der Waals surface area contributed by atoms with Crippen molar-refractivity contribution in [3.05, 3.63) is 58.6 Å². The lowest BCUT2D eigenvalue weighted by Crippen LogP contribution is -2.07. The minimum absolute atomic E-state index is 0.0497. The number of methoxy groups -OCH3 is 1. The smallest absolute Gasteiger partial charge is 0.433 e. The van der Waals surface area contributed by atoms with Crippen molar-refractivity contribution in [1.29, 1.82) is 0 Å². The van der Waals surface area contributed by atoms with Crippen LogP contribution in [0.3, 0.4) is 0 Å². The van der Waals surface area contributed by atoms with Crippen molar-refractivity contribution in [2.75, 3.05) is 7.11 Å². The molecule has 4 nitrogen and oxygen atoms in total. The van der Waals surface area contributed by atoms with Crippen LogP contribution in [0.2, 0.25) is 5.15 Å². The van der Waals surface area contributed by atoms with Crippen LogP contribution in [0.25, 0.3) is 22.3 Å². The van der Waals surface area contributed by atoms with E-state index in [-0.39, 0.29) is 33.3 Å². The Balaban J connectivity index is 2.27. The summed E-state index contributed by atoms with van der Waals surface area (Å²) in [7, 11) is 1.25. The fourth-order valence-electron chi connectivity index (χ4n) is 2.70. The summed E-state index contributed by atoms with van der Waals surface area (Å²) in [6.07, 6.45) is -3.69. The van der Waals surface area contributed by atoms with Gasteiger partial charge in [-0.15, -0.1) is 5.10 Å². The summed E-state index contributed by atoms with van der Waals surface area (Å²) in [5.41, 5.74) is -1.29. The van der Waals surface area contributed by atoms with E-state index >= 15 is 0 Å². The van der Waals surface area contributed by atoms with Gasteiger partial charge in [0.2, 0.25) is 0 Å². The Hall–Kier alpha value is -2.81. The first kappa shape index (κ1) is 19.9. The molecule has 3 rings (SSSR count). The van der Waals surface area contributed by atoms with Gasteiger partial charge in [0.1, 0.15) is 23.1 Å². The Morgan fingerprint density at radius 1 is 0.964 bits per heavy atom. The van der Waals surface area contributed by atoms with Crippen molar-refractivity contribution in [1.82, 2.24) is 15.2 Å². The lowest BCUT2D eigenvalue weighted by Gasteiger charge is -2.15. The standard InChI is InChI=1S/C18H11ClF5N3O/c1-8-14(9-3-4-13(25-7-9)18(22,23)24)16(17(19)27-26-8)15-11(20)5-10(28-2)6-12(15)21/h3-7H,1-2H3. The van der Waals surface area contributed by atoms with Crippen molar-refractivity contribution in [2.45, 2.75) is 13.1 Å². The van der Waals surface area contributed by atoms with E-state index in [9.17, 15) is 22.0 Å². The van der Waals surface area contributed by atoms with Crippen LogP contribution < -0.4 is 4.74 Å². The molecule has 0 N–H and O–H groups in total. The number of aryl methyl sites for hydroxylation is 1. The van der Waals surface area contributed by atoms with Gasteiger partial charge in [-0.25, -0.2) is 8.78 Å². The highest BCUT2D eigenvalue weighted by Gasteiger charge is 2.32. The Labute approximate surface area is 161 Å². The van der Waals surface area contributed by atoms with Crippen LogP contribution in [0, 0.1) is 18.6 Å². The van der Waals surface area contributed by atoms with E-state index in [1.165, 1.54) is 14.0 Å². The van der Waals surface area contributed by atoms with Gasteiger partial charge in [0.15, 0.2) is 5.15 Å². The van der Waals surface area contributed by atoms with Crippen molar-refractivity contribution < 1.29 is 26.7 Å². The van der Waals surface area contributed by atoms with Gasteiger partial charge in [-0.1, -0.05) is 17.7 Å². The van der Waals surface area contributed by atoms with Crippen LogP contribution in [0.1, 0.15) is 11.4 Å². The molecule has 0 atom stereocenters. The third-order valence-electron chi connectivity index (χ3n) is 3.95. The Kier molecular flexibility index (Phi) is 5.20.